The second-order valence-corrected chi connectivity index (χ2v) is 11.1. The van der Waals surface area contributed by atoms with Crippen LogP contribution in [0.15, 0.2) is 58.3 Å². The van der Waals surface area contributed by atoms with E-state index in [1.54, 1.807) is 31.2 Å². The van der Waals surface area contributed by atoms with Gasteiger partial charge in [-0.3, -0.25) is 4.79 Å². The van der Waals surface area contributed by atoms with Crippen molar-refractivity contribution >= 4 is 31.6 Å². The van der Waals surface area contributed by atoms with Crippen LogP contribution in [-0.2, 0) is 24.8 Å². The molecule has 0 aliphatic rings. The fourth-order valence-electron chi connectivity index (χ4n) is 2.73. The summed E-state index contributed by atoms with van der Waals surface area (Å²) in [6, 6.07) is 12.4. The molecule has 1 amide bonds. The summed E-state index contributed by atoms with van der Waals surface area (Å²) in [5, 5.41) is 2.65. The highest BCUT2D eigenvalue weighted by molar-refractivity contribution is 7.89. The van der Waals surface area contributed by atoms with Crippen molar-refractivity contribution in [3.63, 3.8) is 0 Å². The molecule has 0 saturated heterocycles. The number of hydrogen-bond donors (Lipinski definition) is 1. The summed E-state index contributed by atoms with van der Waals surface area (Å²) in [7, 11) is -4.66. The average molecular weight is 454 g/mol. The Balaban J connectivity index is 2.27. The summed E-state index contributed by atoms with van der Waals surface area (Å²) in [5.41, 5.74) is 0.977. The van der Waals surface area contributed by atoms with Gasteiger partial charge in [-0.1, -0.05) is 31.2 Å². The van der Waals surface area contributed by atoms with Crippen LogP contribution >= 0.6 is 0 Å². The van der Waals surface area contributed by atoms with Crippen molar-refractivity contribution < 1.29 is 21.6 Å². The summed E-state index contributed by atoms with van der Waals surface area (Å²) >= 11 is 0. The highest BCUT2D eigenvalue weighted by Crippen LogP contribution is 2.22. The molecule has 2 aromatic rings. The molecule has 2 rings (SSSR count). The molecule has 0 aromatic heterocycles. The molecule has 30 heavy (non-hydrogen) atoms. The average Bonchev–Trinajstić information content (AvgIpc) is 2.69. The van der Waals surface area contributed by atoms with Crippen molar-refractivity contribution in [3.05, 3.63) is 54.1 Å². The predicted molar refractivity (Wildman–Crippen MR) is 116 cm³/mol. The number of carbonyl (C=O) groups excluding carboxylic acids is 1. The van der Waals surface area contributed by atoms with Crippen molar-refractivity contribution in [1.82, 2.24) is 8.61 Å². The lowest BCUT2D eigenvalue weighted by Gasteiger charge is -2.21. The largest absolute Gasteiger partial charge is 0.325 e. The Morgan fingerprint density at radius 3 is 2.13 bits per heavy atom. The Morgan fingerprint density at radius 1 is 0.933 bits per heavy atom. The zero-order valence-electron chi connectivity index (χ0n) is 17.5. The lowest BCUT2D eigenvalue weighted by molar-refractivity contribution is -0.116. The smallest absolute Gasteiger partial charge is 0.243 e. The zero-order chi connectivity index (χ0) is 22.5. The first kappa shape index (κ1) is 24.0. The number of carbonyl (C=O) groups is 1. The first-order valence-corrected chi connectivity index (χ1v) is 12.3. The van der Waals surface area contributed by atoms with Crippen LogP contribution in [-0.4, -0.2) is 58.5 Å². The third-order valence-corrected chi connectivity index (χ3v) is 8.11. The first-order chi connectivity index (χ1) is 14.0. The van der Waals surface area contributed by atoms with E-state index in [2.05, 4.69) is 5.32 Å². The van der Waals surface area contributed by atoms with Crippen molar-refractivity contribution in [2.45, 2.75) is 30.1 Å². The van der Waals surface area contributed by atoms with Crippen LogP contribution in [0.1, 0.15) is 18.9 Å². The van der Waals surface area contributed by atoms with Gasteiger partial charge in [-0.15, -0.1) is 0 Å². The number of anilines is 1. The number of aryl methyl sites for hydroxylation is 1. The van der Waals surface area contributed by atoms with E-state index in [0.29, 0.717) is 17.7 Å². The summed E-state index contributed by atoms with van der Waals surface area (Å²) in [6.07, 6.45) is 0.537. The summed E-state index contributed by atoms with van der Waals surface area (Å²) in [5.74, 6) is -0.551. The van der Waals surface area contributed by atoms with Gasteiger partial charge in [0.2, 0.25) is 26.0 Å². The number of hydrogen-bond acceptors (Lipinski definition) is 5. The molecule has 0 bridgehead atoms. The van der Waals surface area contributed by atoms with Crippen LogP contribution in [0, 0.1) is 6.92 Å². The fourth-order valence-corrected chi connectivity index (χ4v) is 5.17. The van der Waals surface area contributed by atoms with E-state index < -0.39 is 26.0 Å². The minimum absolute atomic E-state index is 0.0377. The number of nitrogens with zero attached hydrogens (tertiary/aromatic N) is 2. The third-order valence-electron chi connectivity index (χ3n) is 4.44. The Morgan fingerprint density at radius 2 is 1.57 bits per heavy atom. The summed E-state index contributed by atoms with van der Waals surface area (Å²) < 4.78 is 52.7. The molecule has 0 aliphatic carbocycles. The van der Waals surface area contributed by atoms with Crippen LogP contribution in [0.5, 0.6) is 0 Å². The maximum Gasteiger partial charge on any atom is 0.243 e. The fraction of sp³-hybridized carbons (Fsp3) is 0.350. The molecule has 0 aliphatic heterocycles. The summed E-state index contributed by atoms with van der Waals surface area (Å²) in [6.45, 7) is 3.35. The number of sulfonamides is 2. The molecule has 8 nitrogen and oxygen atoms in total. The van der Waals surface area contributed by atoms with Gasteiger partial charge in [0.25, 0.3) is 0 Å². The molecule has 0 saturated carbocycles. The second kappa shape index (κ2) is 9.69. The molecule has 10 heteroatoms. The number of amides is 1. The van der Waals surface area contributed by atoms with Gasteiger partial charge < -0.3 is 5.32 Å². The van der Waals surface area contributed by atoms with Gasteiger partial charge in [0.05, 0.1) is 16.3 Å². The Kier molecular flexibility index (Phi) is 7.75. The Labute approximate surface area is 178 Å². The van der Waals surface area contributed by atoms with Crippen molar-refractivity contribution in [1.29, 1.82) is 0 Å². The molecule has 164 valence electrons. The lowest BCUT2D eigenvalue weighted by Crippen LogP contribution is -2.38. The highest BCUT2D eigenvalue weighted by atomic mass is 32.2. The van der Waals surface area contributed by atoms with E-state index >= 15 is 0 Å². The Hall–Kier alpha value is -2.27. The lowest BCUT2D eigenvalue weighted by atomic mass is 10.2. The van der Waals surface area contributed by atoms with Crippen molar-refractivity contribution in [2.24, 2.45) is 0 Å². The molecule has 0 heterocycles. The molecule has 1 N–H and O–H groups in total. The van der Waals surface area contributed by atoms with Gasteiger partial charge in [-0.25, -0.2) is 21.1 Å². The van der Waals surface area contributed by atoms with E-state index in [4.69, 9.17) is 0 Å². The monoisotopic (exact) mass is 453 g/mol. The van der Waals surface area contributed by atoms with Gasteiger partial charge in [0.1, 0.15) is 0 Å². The normalized spacial score (nSPS) is 12.3. The summed E-state index contributed by atoms with van der Waals surface area (Å²) in [4.78, 5) is 12.8. The molecule has 0 unspecified atom stereocenters. The predicted octanol–water partition coefficient (Wildman–Crippen LogP) is 2.28. The molecule has 2 aromatic carbocycles. The number of benzene rings is 2. The second-order valence-electron chi connectivity index (χ2n) is 6.96. The maximum atomic E-state index is 12.9. The van der Waals surface area contributed by atoms with E-state index in [9.17, 15) is 21.6 Å². The van der Waals surface area contributed by atoms with Crippen LogP contribution in [0.25, 0.3) is 0 Å². The SMILES string of the molecule is CCCN(CC(=O)Nc1cc(S(=O)(=O)N(C)C)ccc1C)S(=O)(=O)c1ccccc1. The number of nitrogens with one attached hydrogen (secondary N) is 1. The van der Waals surface area contributed by atoms with Gasteiger partial charge in [-0.05, 0) is 43.2 Å². The maximum absolute atomic E-state index is 12.9. The quantitative estimate of drug-likeness (QED) is 0.627. The van der Waals surface area contributed by atoms with Gasteiger partial charge >= 0.3 is 0 Å². The van der Waals surface area contributed by atoms with E-state index in [-0.39, 0.29) is 22.9 Å². The topological polar surface area (TPSA) is 104 Å². The van der Waals surface area contributed by atoms with Crippen LogP contribution in [0.3, 0.4) is 0 Å². The number of rotatable bonds is 9. The van der Waals surface area contributed by atoms with Gasteiger partial charge in [0.15, 0.2) is 0 Å². The molecular weight excluding hydrogens is 426 g/mol. The molecule has 0 spiro atoms. The standard InChI is InChI=1S/C20H27N3O5S2/c1-5-13-23(30(27,28)17-9-7-6-8-10-17)15-20(24)21-19-14-18(12-11-16(19)2)29(25,26)22(3)4/h6-12,14H,5,13,15H2,1-4H3,(H,21,24). The van der Waals surface area contributed by atoms with Gasteiger partial charge in [-0.2, -0.15) is 4.31 Å². The Bertz CT molecular complexity index is 1100. The van der Waals surface area contributed by atoms with E-state index in [1.165, 1.54) is 38.4 Å². The van der Waals surface area contributed by atoms with Crippen molar-refractivity contribution in [3.8, 4) is 0 Å². The first-order valence-electron chi connectivity index (χ1n) is 9.38. The van der Waals surface area contributed by atoms with Crippen LogP contribution in [0.2, 0.25) is 0 Å². The third kappa shape index (κ3) is 5.45. The molecule has 0 atom stereocenters. The minimum Gasteiger partial charge on any atom is -0.325 e. The molecule has 0 fully saturated rings. The highest BCUT2D eigenvalue weighted by Gasteiger charge is 2.26. The van der Waals surface area contributed by atoms with E-state index in [0.717, 1.165) is 8.61 Å². The van der Waals surface area contributed by atoms with Crippen LogP contribution < -0.4 is 5.32 Å². The molecular formula is C20H27N3O5S2. The van der Waals surface area contributed by atoms with Crippen molar-refractivity contribution in [2.75, 3.05) is 32.5 Å². The van der Waals surface area contributed by atoms with Crippen LogP contribution in [0.4, 0.5) is 5.69 Å². The van der Waals surface area contributed by atoms with E-state index in [1.807, 2.05) is 6.92 Å². The minimum atomic E-state index is -3.83. The molecule has 0 radical (unpaired) electrons. The van der Waals surface area contributed by atoms with Gasteiger partial charge in [0, 0.05) is 26.3 Å². The zero-order valence-corrected chi connectivity index (χ0v) is 19.1.